The van der Waals surface area contributed by atoms with E-state index < -0.39 is 12.1 Å². The van der Waals surface area contributed by atoms with Crippen LogP contribution in [0.4, 0.5) is 16.2 Å². The largest absolute Gasteiger partial charge is 0.394 e. The maximum absolute atomic E-state index is 12.2. The number of benzene rings is 2. The lowest BCUT2D eigenvalue weighted by atomic mass is 10.1. The van der Waals surface area contributed by atoms with Crippen LogP contribution in [0.25, 0.3) is 0 Å². The number of urea groups is 1. The van der Waals surface area contributed by atoms with Gasteiger partial charge in [0.15, 0.2) is 0 Å². The molecular weight excluding hydrogens is 314 g/mol. The van der Waals surface area contributed by atoms with Gasteiger partial charge < -0.3 is 20.6 Å². The maximum atomic E-state index is 12.2. The van der Waals surface area contributed by atoms with Crippen LogP contribution in [0.3, 0.4) is 0 Å². The fraction of sp³-hybridized carbons (Fsp3) is 0.235. The van der Waals surface area contributed by atoms with E-state index in [0.29, 0.717) is 10.7 Å². The first-order valence-corrected chi connectivity index (χ1v) is 7.60. The van der Waals surface area contributed by atoms with Gasteiger partial charge >= 0.3 is 6.03 Å². The topological polar surface area (TPSA) is 64.6 Å². The van der Waals surface area contributed by atoms with Gasteiger partial charge in [0.2, 0.25) is 0 Å². The normalized spacial score (nSPS) is 11.7. The Kier molecular flexibility index (Phi) is 5.84. The summed E-state index contributed by atoms with van der Waals surface area (Å²) in [5.74, 6) is 0. The van der Waals surface area contributed by atoms with E-state index in [4.69, 9.17) is 11.6 Å². The molecule has 2 aromatic carbocycles. The summed E-state index contributed by atoms with van der Waals surface area (Å²) in [6, 6.07) is 13.7. The smallest absolute Gasteiger partial charge is 0.319 e. The molecule has 122 valence electrons. The molecule has 5 nitrogen and oxygen atoms in total. The number of hydrogen-bond acceptors (Lipinski definition) is 3. The third-order valence-electron chi connectivity index (χ3n) is 3.37. The summed E-state index contributed by atoms with van der Waals surface area (Å²) < 4.78 is 0. The van der Waals surface area contributed by atoms with Crippen LogP contribution < -0.4 is 15.5 Å². The third kappa shape index (κ3) is 4.37. The number of para-hydroxylation sites is 1. The van der Waals surface area contributed by atoms with E-state index in [9.17, 15) is 9.90 Å². The number of halogens is 1. The number of anilines is 2. The van der Waals surface area contributed by atoms with Crippen LogP contribution in [0.5, 0.6) is 0 Å². The van der Waals surface area contributed by atoms with Crippen LogP contribution in [-0.2, 0) is 0 Å². The van der Waals surface area contributed by atoms with Gasteiger partial charge in [-0.3, -0.25) is 0 Å². The molecule has 0 aliphatic carbocycles. The third-order valence-corrected chi connectivity index (χ3v) is 3.68. The number of hydrogen-bond donors (Lipinski definition) is 3. The average molecular weight is 334 g/mol. The van der Waals surface area contributed by atoms with E-state index in [0.717, 1.165) is 11.3 Å². The predicted molar refractivity (Wildman–Crippen MR) is 94.2 cm³/mol. The monoisotopic (exact) mass is 333 g/mol. The molecule has 23 heavy (non-hydrogen) atoms. The van der Waals surface area contributed by atoms with Crippen LogP contribution in [0.15, 0.2) is 48.5 Å². The van der Waals surface area contributed by atoms with Crippen LogP contribution in [-0.4, -0.2) is 31.8 Å². The second-order valence-corrected chi connectivity index (χ2v) is 5.68. The molecule has 0 saturated heterocycles. The van der Waals surface area contributed by atoms with E-state index in [1.54, 1.807) is 18.2 Å². The SMILES string of the molecule is CN(C)c1c(Cl)cccc1NC(=O)N[C@H](CO)c1ccccc1. The molecule has 2 aromatic rings. The van der Waals surface area contributed by atoms with Crippen molar-refractivity contribution in [2.24, 2.45) is 0 Å². The number of aliphatic hydroxyl groups excluding tert-OH is 1. The summed E-state index contributed by atoms with van der Waals surface area (Å²) in [6.45, 7) is -0.187. The molecule has 0 radical (unpaired) electrons. The van der Waals surface area contributed by atoms with Crippen molar-refractivity contribution in [1.82, 2.24) is 5.32 Å². The number of rotatable bonds is 5. The first-order chi connectivity index (χ1) is 11.0. The molecule has 0 aliphatic rings. The van der Waals surface area contributed by atoms with Crippen molar-refractivity contribution in [3.8, 4) is 0 Å². The summed E-state index contributed by atoms with van der Waals surface area (Å²) in [4.78, 5) is 14.1. The van der Waals surface area contributed by atoms with Crippen molar-refractivity contribution in [1.29, 1.82) is 0 Å². The average Bonchev–Trinajstić information content (AvgIpc) is 2.53. The van der Waals surface area contributed by atoms with Gasteiger partial charge in [-0.2, -0.15) is 0 Å². The number of amides is 2. The van der Waals surface area contributed by atoms with Crippen molar-refractivity contribution < 1.29 is 9.90 Å². The van der Waals surface area contributed by atoms with Crippen molar-refractivity contribution in [3.63, 3.8) is 0 Å². The zero-order valence-electron chi connectivity index (χ0n) is 13.1. The van der Waals surface area contributed by atoms with Crippen LogP contribution >= 0.6 is 11.6 Å². The number of aliphatic hydroxyl groups is 1. The van der Waals surface area contributed by atoms with Gasteiger partial charge in [0.05, 0.1) is 29.0 Å². The van der Waals surface area contributed by atoms with E-state index in [2.05, 4.69) is 10.6 Å². The summed E-state index contributed by atoms with van der Waals surface area (Å²) in [5.41, 5.74) is 2.17. The fourth-order valence-electron chi connectivity index (χ4n) is 2.31. The standard InChI is InChI=1S/C17H20ClN3O2/c1-21(2)16-13(18)9-6-10-14(16)19-17(23)20-15(11-22)12-7-4-3-5-8-12/h3-10,15,22H,11H2,1-2H3,(H2,19,20,23)/t15-/m1/s1. The van der Waals surface area contributed by atoms with E-state index in [-0.39, 0.29) is 6.61 Å². The number of nitrogens with zero attached hydrogens (tertiary/aromatic N) is 1. The molecule has 0 bridgehead atoms. The molecule has 0 unspecified atom stereocenters. The van der Waals surface area contributed by atoms with Crippen molar-refractivity contribution in [2.45, 2.75) is 6.04 Å². The molecule has 3 N–H and O–H groups in total. The van der Waals surface area contributed by atoms with Gasteiger partial charge in [0.25, 0.3) is 0 Å². The van der Waals surface area contributed by atoms with Crippen molar-refractivity contribution >= 4 is 29.0 Å². The summed E-state index contributed by atoms with van der Waals surface area (Å²) in [6.07, 6.45) is 0. The van der Waals surface area contributed by atoms with Gasteiger partial charge in [0.1, 0.15) is 0 Å². The molecule has 0 spiro atoms. The van der Waals surface area contributed by atoms with Gasteiger partial charge in [-0.15, -0.1) is 0 Å². The molecule has 0 aromatic heterocycles. The zero-order valence-corrected chi connectivity index (χ0v) is 13.8. The van der Waals surface area contributed by atoms with Gasteiger partial charge in [-0.1, -0.05) is 48.0 Å². The van der Waals surface area contributed by atoms with Crippen LogP contribution in [0.2, 0.25) is 5.02 Å². The second-order valence-electron chi connectivity index (χ2n) is 5.27. The van der Waals surface area contributed by atoms with Gasteiger partial charge in [-0.05, 0) is 17.7 Å². The molecule has 0 saturated carbocycles. The Labute approximate surface area is 140 Å². The van der Waals surface area contributed by atoms with Crippen molar-refractivity contribution in [3.05, 3.63) is 59.1 Å². The predicted octanol–water partition coefficient (Wildman–Crippen LogP) is 3.26. The highest BCUT2D eigenvalue weighted by molar-refractivity contribution is 6.34. The van der Waals surface area contributed by atoms with Gasteiger partial charge in [-0.25, -0.2) is 4.79 Å². The first-order valence-electron chi connectivity index (χ1n) is 7.22. The quantitative estimate of drug-likeness (QED) is 0.787. The molecule has 1 atom stereocenters. The summed E-state index contributed by atoms with van der Waals surface area (Å²) in [7, 11) is 3.70. The maximum Gasteiger partial charge on any atom is 0.319 e. The van der Waals surface area contributed by atoms with Gasteiger partial charge in [0, 0.05) is 14.1 Å². The minimum absolute atomic E-state index is 0.187. The molecule has 0 aliphatic heterocycles. The molecule has 2 rings (SSSR count). The summed E-state index contributed by atoms with van der Waals surface area (Å²) >= 11 is 6.18. The van der Waals surface area contributed by atoms with E-state index in [1.807, 2.05) is 49.3 Å². The highest BCUT2D eigenvalue weighted by Gasteiger charge is 2.16. The number of nitrogens with one attached hydrogen (secondary N) is 2. The fourth-order valence-corrected chi connectivity index (χ4v) is 2.65. The Balaban J connectivity index is 2.12. The minimum atomic E-state index is -0.474. The number of carbonyl (C=O) groups is 1. The Morgan fingerprint density at radius 1 is 1.17 bits per heavy atom. The Morgan fingerprint density at radius 3 is 2.48 bits per heavy atom. The lowest BCUT2D eigenvalue weighted by Crippen LogP contribution is -2.34. The lowest BCUT2D eigenvalue weighted by Gasteiger charge is -2.21. The first kappa shape index (κ1) is 17.1. The highest BCUT2D eigenvalue weighted by atomic mass is 35.5. The minimum Gasteiger partial charge on any atom is -0.394 e. The Bertz CT molecular complexity index is 662. The van der Waals surface area contributed by atoms with E-state index in [1.165, 1.54) is 0 Å². The molecular formula is C17H20ClN3O2. The summed E-state index contributed by atoms with van der Waals surface area (Å²) in [5, 5.41) is 15.6. The molecule has 0 heterocycles. The second kappa shape index (κ2) is 7.85. The molecule has 6 heteroatoms. The van der Waals surface area contributed by atoms with Crippen LogP contribution in [0, 0.1) is 0 Å². The Hall–Kier alpha value is -2.24. The Morgan fingerprint density at radius 2 is 1.87 bits per heavy atom. The number of carbonyl (C=O) groups excluding carboxylic acids is 1. The van der Waals surface area contributed by atoms with Crippen molar-refractivity contribution in [2.75, 3.05) is 30.9 Å². The van der Waals surface area contributed by atoms with E-state index >= 15 is 0 Å². The highest BCUT2D eigenvalue weighted by Crippen LogP contribution is 2.32. The zero-order chi connectivity index (χ0) is 16.8. The molecule has 0 fully saturated rings. The molecule has 2 amide bonds. The lowest BCUT2D eigenvalue weighted by molar-refractivity contribution is 0.225. The van der Waals surface area contributed by atoms with Crippen LogP contribution in [0.1, 0.15) is 11.6 Å².